The predicted octanol–water partition coefficient (Wildman–Crippen LogP) is 2.57. The van der Waals surface area contributed by atoms with E-state index in [1.165, 1.54) is 11.3 Å². The molecule has 8 nitrogen and oxygen atoms in total. The van der Waals surface area contributed by atoms with Crippen LogP contribution < -0.4 is 10.6 Å². The Morgan fingerprint density at radius 1 is 1.03 bits per heavy atom. The van der Waals surface area contributed by atoms with Gasteiger partial charge in [-0.05, 0) is 45.0 Å². The summed E-state index contributed by atoms with van der Waals surface area (Å²) in [5.74, 6) is -0.186. The highest BCUT2D eigenvalue weighted by molar-refractivity contribution is 7.13. The summed E-state index contributed by atoms with van der Waals surface area (Å²) in [7, 11) is 0. The number of aromatic nitrogens is 2. The van der Waals surface area contributed by atoms with Crippen molar-refractivity contribution in [3.05, 3.63) is 39.8 Å². The highest BCUT2D eigenvalue weighted by Gasteiger charge is 2.15. The minimum Gasteiger partial charge on any atom is -0.356 e. The molecule has 3 rings (SSSR count). The summed E-state index contributed by atoms with van der Waals surface area (Å²) in [6.45, 7) is 11.6. The molecule has 1 aromatic heterocycles. The van der Waals surface area contributed by atoms with Crippen molar-refractivity contribution in [3.8, 4) is 0 Å². The van der Waals surface area contributed by atoms with Gasteiger partial charge in [0.2, 0.25) is 10.9 Å². The molecule has 1 aliphatic heterocycles. The van der Waals surface area contributed by atoms with Gasteiger partial charge in [0.05, 0.1) is 0 Å². The molecule has 2 heterocycles. The van der Waals surface area contributed by atoms with Crippen molar-refractivity contribution in [3.63, 3.8) is 0 Å². The zero-order chi connectivity index (χ0) is 22.8. The van der Waals surface area contributed by atoms with Gasteiger partial charge < -0.3 is 20.4 Å². The van der Waals surface area contributed by atoms with Crippen LogP contribution in [0.3, 0.4) is 0 Å². The zero-order valence-corrected chi connectivity index (χ0v) is 19.9. The van der Waals surface area contributed by atoms with Gasteiger partial charge in [-0.1, -0.05) is 36.0 Å². The summed E-state index contributed by atoms with van der Waals surface area (Å²) < 4.78 is 0. The predicted molar refractivity (Wildman–Crippen MR) is 128 cm³/mol. The molecular formula is C23H34N6O2S. The molecule has 0 atom stereocenters. The number of benzene rings is 1. The van der Waals surface area contributed by atoms with E-state index in [-0.39, 0.29) is 11.8 Å². The lowest BCUT2D eigenvalue weighted by Crippen LogP contribution is -2.46. The number of likely N-dealkylation sites (N-methyl/N-ethyl adjacent to an activating group) is 1. The maximum absolute atomic E-state index is 12.3. The number of hydrogen-bond acceptors (Lipinski definition) is 7. The van der Waals surface area contributed by atoms with Crippen LogP contribution in [0.5, 0.6) is 0 Å². The van der Waals surface area contributed by atoms with Gasteiger partial charge >= 0.3 is 0 Å². The maximum Gasteiger partial charge on any atom is 0.286 e. The Bertz CT molecular complexity index is 862. The minimum atomic E-state index is -0.258. The van der Waals surface area contributed by atoms with Gasteiger partial charge in [-0.2, -0.15) is 0 Å². The number of carbonyl (C=O) groups excluding carboxylic acids is 2. The first-order valence-electron chi connectivity index (χ1n) is 11.5. The molecule has 1 aliphatic rings. The fourth-order valence-corrected chi connectivity index (χ4v) is 4.39. The minimum absolute atomic E-state index is 0.0719. The Hall–Kier alpha value is -2.36. The lowest BCUT2D eigenvalue weighted by molar-refractivity contribution is -0.121. The highest BCUT2D eigenvalue weighted by atomic mass is 32.1. The van der Waals surface area contributed by atoms with E-state index < -0.39 is 0 Å². The van der Waals surface area contributed by atoms with Crippen molar-refractivity contribution in [2.45, 2.75) is 39.5 Å². The third-order valence-electron chi connectivity index (χ3n) is 5.65. The molecule has 9 heteroatoms. The van der Waals surface area contributed by atoms with E-state index in [1.807, 2.05) is 31.2 Å². The van der Waals surface area contributed by atoms with Gasteiger partial charge in [0, 0.05) is 51.3 Å². The lowest BCUT2D eigenvalue weighted by Gasteiger charge is -2.33. The van der Waals surface area contributed by atoms with Crippen LogP contribution in [0.4, 0.5) is 5.69 Å². The number of nitrogens with one attached hydrogen (secondary N) is 2. The molecule has 32 heavy (non-hydrogen) atoms. The van der Waals surface area contributed by atoms with Crippen molar-refractivity contribution >= 4 is 28.8 Å². The molecule has 0 radical (unpaired) electrons. The van der Waals surface area contributed by atoms with Gasteiger partial charge in [-0.3, -0.25) is 9.59 Å². The Morgan fingerprint density at radius 3 is 2.47 bits per heavy atom. The van der Waals surface area contributed by atoms with Crippen molar-refractivity contribution in [2.75, 3.05) is 51.1 Å². The maximum atomic E-state index is 12.3. The summed E-state index contributed by atoms with van der Waals surface area (Å²) in [5.41, 5.74) is 1.87. The first-order chi connectivity index (χ1) is 15.5. The molecule has 2 amide bonds. The largest absolute Gasteiger partial charge is 0.356 e. The molecule has 174 valence electrons. The van der Waals surface area contributed by atoms with E-state index in [9.17, 15) is 9.59 Å². The quantitative estimate of drug-likeness (QED) is 0.503. The number of anilines is 1. The Balaban J connectivity index is 1.27. The smallest absolute Gasteiger partial charge is 0.286 e. The summed E-state index contributed by atoms with van der Waals surface area (Å²) >= 11 is 1.28. The van der Waals surface area contributed by atoms with Gasteiger partial charge in [0.15, 0.2) is 0 Å². The second-order valence-electron chi connectivity index (χ2n) is 8.15. The van der Waals surface area contributed by atoms with Crippen LogP contribution in [-0.4, -0.2) is 77.6 Å². The van der Waals surface area contributed by atoms with Crippen LogP contribution in [0.2, 0.25) is 0 Å². The summed E-state index contributed by atoms with van der Waals surface area (Å²) in [5, 5.41) is 15.0. The fraction of sp³-hybridized carbons (Fsp3) is 0.565. The number of rotatable bonds is 11. The Morgan fingerprint density at radius 2 is 1.75 bits per heavy atom. The van der Waals surface area contributed by atoms with Crippen molar-refractivity contribution < 1.29 is 9.59 Å². The van der Waals surface area contributed by atoms with Gasteiger partial charge in [-0.25, -0.2) is 0 Å². The molecule has 2 N–H and O–H groups in total. The van der Waals surface area contributed by atoms with Crippen LogP contribution in [-0.2, 0) is 11.2 Å². The first kappa shape index (κ1) is 24.3. The zero-order valence-electron chi connectivity index (χ0n) is 19.1. The van der Waals surface area contributed by atoms with Crippen molar-refractivity contribution in [1.82, 2.24) is 25.3 Å². The number of piperazine rings is 1. The van der Waals surface area contributed by atoms with Gasteiger partial charge in [0.25, 0.3) is 5.91 Å². The molecule has 0 spiro atoms. The molecular weight excluding hydrogens is 424 g/mol. The molecule has 1 saturated heterocycles. The van der Waals surface area contributed by atoms with Gasteiger partial charge in [0.1, 0.15) is 5.01 Å². The Labute approximate surface area is 194 Å². The molecule has 0 aliphatic carbocycles. The first-order valence-corrected chi connectivity index (χ1v) is 12.3. The summed E-state index contributed by atoms with van der Waals surface area (Å²) in [6, 6.07) is 7.61. The van der Waals surface area contributed by atoms with Crippen LogP contribution in [0, 0.1) is 6.92 Å². The van der Waals surface area contributed by atoms with Crippen LogP contribution in [0.25, 0.3) is 0 Å². The topological polar surface area (TPSA) is 90.5 Å². The third kappa shape index (κ3) is 7.96. The van der Waals surface area contributed by atoms with Crippen LogP contribution >= 0.6 is 11.3 Å². The molecule has 0 unspecified atom stereocenters. The summed E-state index contributed by atoms with van der Waals surface area (Å²) in [4.78, 5) is 29.3. The number of amides is 2. The molecule has 0 bridgehead atoms. The second kappa shape index (κ2) is 12.6. The molecule has 1 aromatic carbocycles. The number of carbonyl (C=O) groups is 2. The van der Waals surface area contributed by atoms with E-state index in [2.05, 4.69) is 37.6 Å². The number of nitrogens with zero attached hydrogens (tertiary/aromatic N) is 4. The van der Waals surface area contributed by atoms with E-state index >= 15 is 0 Å². The van der Waals surface area contributed by atoms with E-state index in [4.69, 9.17) is 0 Å². The second-order valence-corrected chi connectivity index (χ2v) is 9.22. The third-order valence-corrected chi connectivity index (χ3v) is 6.63. The Kier molecular flexibility index (Phi) is 9.58. The monoisotopic (exact) mass is 458 g/mol. The molecule has 2 aromatic rings. The average Bonchev–Trinajstić information content (AvgIpc) is 3.28. The SMILES string of the molecule is CCN1CCN(CCCNC(=O)CCCc2nnc(C(=O)Nc3ccc(C)cc3)s2)CC1. The average molecular weight is 459 g/mol. The van der Waals surface area contributed by atoms with Gasteiger partial charge in [-0.15, -0.1) is 10.2 Å². The fourth-order valence-electron chi connectivity index (χ4n) is 3.62. The normalized spacial score (nSPS) is 14.9. The van der Waals surface area contributed by atoms with Crippen LogP contribution in [0.15, 0.2) is 24.3 Å². The number of aryl methyl sites for hydroxylation is 2. The molecule has 1 fully saturated rings. The van der Waals surface area contributed by atoms with E-state index in [1.54, 1.807) is 0 Å². The van der Waals surface area contributed by atoms with Crippen molar-refractivity contribution in [1.29, 1.82) is 0 Å². The van der Waals surface area contributed by atoms with E-state index in [0.29, 0.717) is 24.3 Å². The van der Waals surface area contributed by atoms with E-state index in [0.717, 1.165) is 68.5 Å². The number of hydrogen-bond donors (Lipinski definition) is 2. The lowest BCUT2D eigenvalue weighted by atomic mass is 10.2. The highest BCUT2D eigenvalue weighted by Crippen LogP contribution is 2.15. The van der Waals surface area contributed by atoms with Crippen LogP contribution in [0.1, 0.15) is 46.6 Å². The molecule has 0 saturated carbocycles. The van der Waals surface area contributed by atoms with Crippen molar-refractivity contribution in [2.24, 2.45) is 0 Å². The standard InChI is InChI=1S/C23H34N6O2S/c1-3-28-14-16-29(17-15-28)13-5-12-24-20(30)6-4-7-21-26-27-23(32-21)22(31)25-19-10-8-18(2)9-11-19/h8-11H,3-7,12-17H2,1-2H3,(H,24,30)(H,25,31). The summed E-state index contributed by atoms with van der Waals surface area (Å²) in [6.07, 6.45) is 2.77.